The molecule has 3 unspecified atom stereocenters. The third kappa shape index (κ3) is 2.39. The minimum Gasteiger partial charge on any atom is -0.365 e. The van der Waals surface area contributed by atoms with Crippen molar-refractivity contribution >= 4 is 0 Å². The van der Waals surface area contributed by atoms with Crippen LogP contribution in [0.5, 0.6) is 0 Å². The van der Waals surface area contributed by atoms with E-state index in [1.54, 1.807) is 11.0 Å². The highest BCUT2D eigenvalue weighted by molar-refractivity contribution is 5.31. The third-order valence-corrected chi connectivity index (χ3v) is 4.40. The van der Waals surface area contributed by atoms with E-state index in [9.17, 15) is 13.2 Å². The molecule has 22 heavy (non-hydrogen) atoms. The molecule has 1 aromatic carbocycles. The highest BCUT2D eigenvalue weighted by Crippen LogP contribution is 2.48. The number of hydrogen-bond donors (Lipinski definition) is 0. The second-order valence-electron chi connectivity index (χ2n) is 5.67. The lowest BCUT2D eigenvalue weighted by molar-refractivity contribution is -0.264. The molecule has 0 N–H and O–H groups in total. The van der Waals surface area contributed by atoms with Crippen molar-refractivity contribution in [1.29, 1.82) is 0 Å². The van der Waals surface area contributed by atoms with Crippen molar-refractivity contribution in [2.24, 2.45) is 5.92 Å². The average molecular weight is 311 g/mol. The molecule has 1 fully saturated rings. The Kier molecular flexibility index (Phi) is 3.47. The van der Waals surface area contributed by atoms with E-state index in [0.717, 1.165) is 17.7 Å². The van der Waals surface area contributed by atoms with Crippen molar-refractivity contribution in [2.75, 3.05) is 0 Å². The zero-order valence-corrected chi connectivity index (χ0v) is 12.2. The molecule has 1 aromatic heterocycles. The van der Waals surface area contributed by atoms with Gasteiger partial charge in [-0.05, 0) is 24.6 Å². The monoisotopic (exact) mass is 311 g/mol. The molecule has 1 aliphatic rings. The summed E-state index contributed by atoms with van der Waals surface area (Å²) in [4.78, 5) is 3.90. The van der Waals surface area contributed by atoms with E-state index in [1.165, 1.54) is 18.5 Å². The number of benzene rings is 1. The molecule has 7 heteroatoms. The van der Waals surface area contributed by atoms with E-state index < -0.39 is 17.3 Å². The van der Waals surface area contributed by atoms with Crippen molar-refractivity contribution in [3.63, 3.8) is 0 Å². The van der Waals surface area contributed by atoms with Crippen molar-refractivity contribution in [3.05, 3.63) is 48.0 Å². The Bertz CT molecular complexity index is 639. The predicted octanol–water partition coefficient (Wildman–Crippen LogP) is 3.25. The molecule has 0 amide bonds. The van der Waals surface area contributed by atoms with Gasteiger partial charge in [-0.15, -0.1) is 0 Å². The van der Waals surface area contributed by atoms with Crippen LogP contribution in [0.4, 0.5) is 13.2 Å². The van der Waals surface area contributed by atoms with Gasteiger partial charge in [0.1, 0.15) is 18.3 Å². The summed E-state index contributed by atoms with van der Waals surface area (Å²) in [5.41, 5.74) is -0.606. The zero-order chi connectivity index (χ0) is 16.0. The van der Waals surface area contributed by atoms with Crippen LogP contribution in [-0.2, 0) is 23.1 Å². The average Bonchev–Trinajstić information content (AvgIpc) is 2.98. The number of nitrogens with zero attached hydrogens (tertiary/aromatic N) is 3. The van der Waals surface area contributed by atoms with Gasteiger partial charge in [0.15, 0.2) is 0 Å². The van der Waals surface area contributed by atoms with Crippen LogP contribution in [0.3, 0.4) is 0 Å². The Balaban J connectivity index is 1.93. The lowest BCUT2D eigenvalue weighted by Crippen LogP contribution is -2.57. The van der Waals surface area contributed by atoms with Gasteiger partial charge < -0.3 is 4.74 Å². The van der Waals surface area contributed by atoms with Gasteiger partial charge in [-0.3, -0.25) is 0 Å². The van der Waals surface area contributed by atoms with Gasteiger partial charge in [0, 0.05) is 5.92 Å². The summed E-state index contributed by atoms with van der Waals surface area (Å²) in [5, 5.41) is 4.07. The fraction of sp³-hybridized carbons (Fsp3) is 0.467. The van der Waals surface area contributed by atoms with Crippen LogP contribution in [0.25, 0.3) is 0 Å². The normalized spacial score (nSPS) is 28.4. The van der Waals surface area contributed by atoms with E-state index in [0.29, 0.717) is 6.54 Å². The maximum absolute atomic E-state index is 12.7. The summed E-state index contributed by atoms with van der Waals surface area (Å²) in [6.07, 6.45) is -1.29. The second-order valence-corrected chi connectivity index (χ2v) is 5.67. The predicted molar refractivity (Wildman–Crippen MR) is 72.9 cm³/mol. The molecule has 2 aromatic rings. The molecule has 0 aliphatic carbocycles. The summed E-state index contributed by atoms with van der Waals surface area (Å²) in [6, 6.07) is 5.17. The quantitative estimate of drug-likeness (QED) is 0.873. The first-order valence-electron chi connectivity index (χ1n) is 7.01. The highest BCUT2D eigenvalue weighted by Gasteiger charge is 2.52. The van der Waals surface area contributed by atoms with Crippen LogP contribution < -0.4 is 0 Å². The number of ether oxygens (including phenoxy) is 1. The van der Waals surface area contributed by atoms with Gasteiger partial charge in [0.25, 0.3) is 0 Å². The zero-order valence-electron chi connectivity index (χ0n) is 12.2. The van der Waals surface area contributed by atoms with E-state index in [1.807, 2.05) is 13.8 Å². The lowest BCUT2D eigenvalue weighted by Gasteiger charge is -2.53. The number of halogens is 3. The van der Waals surface area contributed by atoms with Crippen molar-refractivity contribution in [2.45, 2.75) is 38.3 Å². The van der Waals surface area contributed by atoms with Crippen LogP contribution >= 0.6 is 0 Å². The molecular weight excluding hydrogens is 295 g/mol. The first-order valence-corrected chi connectivity index (χ1v) is 7.01. The smallest absolute Gasteiger partial charge is 0.365 e. The van der Waals surface area contributed by atoms with E-state index >= 15 is 0 Å². The van der Waals surface area contributed by atoms with Crippen LogP contribution in [-0.4, -0.2) is 20.9 Å². The fourth-order valence-electron chi connectivity index (χ4n) is 2.95. The summed E-state index contributed by atoms with van der Waals surface area (Å²) in [7, 11) is 0. The maximum Gasteiger partial charge on any atom is 0.416 e. The molecule has 0 spiro atoms. The number of hydrogen-bond acceptors (Lipinski definition) is 3. The van der Waals surface area contributed by atoms with Gasteiger partial charge in [-0.2, -0.15) is 18.3 Å². The second kappa shape index (κ2) is 5.08. The number of rotatable bonds is 3. The van der Waals surface area contributed by atoms with E-state index in [4.69, 9.17) is 4.74 Å². The molecule has 0 radical (unpaired) electrons. The van der Waals surface area contributed by atoms with Gasteiger partial charge >= 0.3 is 6.18 Å². The first-order chi connectivity index (χ1) is 10.3. The summed E-state index contributed by atoms with van der Waals surface area (Å²) >= 11 is 0. The largest absolute Gasteiger partial charge is 0.416 e. The lowest BCUT2D eigenvalue weighted by atomic mass is 9.73. The molecule has 3 rings (SSSR count). The third-order valence-electron chi connectivity index (χ3n) is 4.40. The summed E-state index contributed by atoms with van der Waals surface area (Å²) < 4.78 is 45.7. The molecular formula is C15H16F3N3O. The SMILES string of the molecule is CC1OC(Cn2cncn2)(c2ccc(C(F)(F)F)cc2)C1C. The topological polar surface area (TPSA) is 39.9 Å². The van der Waals surface area contributed by atoms with Crippen molar-refractivity contribution in [3.8, 4) is 0 Å². The molecule has 3 atom stereocenters. The van der Waals surface area contributed by atoms with Crippen LogP contribution in [0, 0.1) is 5.92 Å². The Morgan fingerprint density at radius 3 is 2.36 bits per heavy atom. The van der Waals surface area contributed by atoms with Gasteiger partial charge in [0.2, 0.25) is 0 Å². The van der Waals surface area contributed by atoms with E-state index in [2.05, 4.69) is 10.1 Å². The molecule has 1 saturated heterocycles. The number of aromatic nitrogens is 3. The minimum absolute atomic E-state index is 0.0471. The molecule has 118 valence electrons. The standard InChI is InChI=1S/C15H16F3N3O/c1-10-11(2)22-14(10,7-21-9-19-8-20-21)12-3-5-13(6-4-12)15(16,17)18/h3-6,8-11H,7H2,1-2H3. The van der Waals surface area contributed by atoms with E-state index in [-0.39, 0.29) is 12.0 Å². The molecule has 0 bridgehead atoms. The Hall–Kier alpha value is -1.89. The van der Waals surface area contributed by atoms with Gasteiger partial charge in [0.05, 0.1) is 18.2 Å². The highest BCUT2D eigenvalue weighted by atomic mass is 19.4. The van der Waals surface area contributed by atoms with Crippen LogP contribution in [0.15, 0.2) is 36.9 Å². The maximum atomic E-state index is 12.7. The molecule has 0 saturated carbocycles. The Morgan fingerprint density at radius 2 is 1.91 bits per heavy atom. The number of alkyl halides is 3. The Morgan fingerprint density at radius 1 is 1.23 bits per heavy atom. The van der Waals surface area contributed by atoms with Gasteiger partial charge in [-0.25, -0.2) is 9.67 Å². The Labute approximate surface area is 125 Å². The molecule has 1 aliphatic heterocycles. The molecule has 4 nitrogen and oxygen atoms in total. The summed E-state index contributed by atoms with van der Waals surface area (Å²) in [6.45, 7) is 4.40. The summed E-state index contributed by atoms with van der Waals surface area (Å²) in [5.74, 6) is 0.161. The van der Waals surface area contributed by atoms with Crippen LogP contribution in [0.2, 0.25) is 0 Å². The first kappa shape index (κ1) is 15.0. The minimum atomic E-state index is -4.34. The fourth-order valence-corrected chi connectivity index (χ4v) is 2.95. The van der Waals surface area contributed by atoms with Crippen LogP contribution in [0.1, 0.15) is 25.0 Å². The molecule has 2 heterocycles. The van der Waals surface area contributed by atoms with Gasteiger partial charge in [-0.1, -0.05) is 19.1 Å². The van der Waals surface area contributed by atoms with Crippen molar-refractivity contribution < 1.29 is 17.9 Å². The van der Waals surface area contributed by atoms with Crippen molar-refractivity contribution in [1.82, 2.24) is 14.8 Å².